The van der Waals surface area contributed by atoms with Crippen LogP contribution >= 0.6 is 11.8 Å². The van der Waals surface area contributed by atoms with Crippen LogP contribution < -0.4 is 10.1 Å². The van der Waals surface area contributed by atoms with Gasteiger partial charge in [-0.2, -0.15) is 11.8 Å². The number of hydrogen-bond donors (Lipinski definition) is 2. The van der Waals surface area contributed by atoms with Gasteiger partial charge in [0.25, 0.3) is 0 Å². The van der Waals surface area contributed by atoms with Crippen molar-refractivity contribution in [3.05, 3.63) is 59.9 Å². The molecule has 2 rings (SSSR count). The zero-order valence-electron chi connectivity index (χ0n) is 20.4. The van der Waals surface area contributed by atoms with Crippen molar-refractivity contribution in [2.24, 2.45) is 0 Å². The van der Waals surface area contributed by atoms with Crippen LogP contribution in [-0.2, 0) is 16.0 Å². The first kappa shape index (κ1) is 28.5. The maximum absolute atomic E-state index is 13.2. The lowest BCUT2D eigenvalue weighted by Gasteiger charge is -2.23. The molecule has 0 saturated heterocycles. The Hall–Kier alpha value is -2.78. The molecule has 2 amide bonds. The number of carboxylic acids is 1. The maximum Gasteiger partial charge on any atom is 0.333 e. The van der Waals surface area contributed by atoms with Crippen molar-refractivity contribution >= 4 is 29.4 Å². The zero-order valence-corrected chi connectivity index (χ0v) is 21.2. The smallest absolute Gasteiger partial charge is 0.333 e. The molecule has 1 unspecified atom stereocenters. The molecule has 0 bridgehead atoms. The number of thioether (sulfide) groups is 1. The molecule has 0 spiro atoms. The van der Waals surface area contributed by atoms with E-state index in [4.69, 9.17) is 9.47 Å². The Morgan fingerprint density at radius 2 is 1.77 bits per heavy atom. The van der Waals surface area contributed by atoms with Crippen LogP contribution in [0, 0.1) is 5.82 Å². The third-order valence-electron chi connectivity index (χ3n) is 5.15. The summed E-state index contributed by atoms with van der Waals surface area (Å²) in [5.41, 5.74) is 1.37. The minimum Gasteiger partial charge on any atom is -0.492 e. The molecule has 0 aliphatic heterocycles. The van der Waals surface area contributed by atoms with Crippen LogP contribution in [0.4, 0.5) is 14.9 Å². The van der Waals surface area contributed by atoms with Crippen molar-refractivity contribution in [1.82, 2.24) is 4.90 Å². The number of aliphatic carboxylic acids is 1. The fourth-order valence-corrected chi connectivity index (χ4v) is 4.25. The van der Waals surface area contributed by atoms with Crippen LogP contribution in [0.25, 0.3) is 0 Å². The van der Waals surface area contributed by atoms with E-state index < -0.39 is 12.1 Å². The van der Waals surface area contributed by atoms with E-state index in [1.165, 1.54) is 24.3 Å². The highest BCUT2D eigenvalue weighted by molar-refractivity contribution is 7.99. The molecule has 35 heavy (non-hydrogen) atoms. The van der Waals surface area contributed by atoms with Gasteiger partial charge >= 0.3 is 12.0 Å². The standard InChI is InChI=1S/C26H35FN2O5S/c1-3-5-17-35-18-15-29(26(32)28-22-10-8-21(27)9-11-22)14-16-34-23-12-6-20(7-13-23)19-24(25(30)31)33-4-2/h6-13,24H,3-5,14-19H2,1-2H3,(H,28,32)(H,30,31). The summed E-state index contributed by atoms with van der Waals surface area (Å²) in [7, 11) is 0. The number of amides is 2. The Morgan fingerprint density at radius 3 is 2.40 bits per heavy atom. The number of halogens is 1. The molecular weight excluding hydrogens is 471 g/mol. The lowest BCUT2D eigenvalue weighted by Crippen LogP contribution is -2.39. The number of benzene rings is 2. The molecule has 7 nitrogen and oxygen atoms in total. The highest BCUT2D eigenvalue weighted by Crippen LogP contribution is 2.15. The van der Waals surface area contributed by atoms with Crippen molar-refractivity contribution in [3.63, 3.8) is 0 Å². The van der Waals surface area contributed by atoms with E-state index in [0.29, 0.717) is 37.7 Å². The van der Waals surface area contributed by atoms with Crippen molar-refractivity contribution < 1.29 is 28.6 Å². The molecule has 2 N–H and O–H groups in total. The molecule has 0 aliphatic rings. The molecule has 0 heterocycles. The van der Waals surface area contributed by atoms with E-state index in [1.54, 1.807) is 24.0 Å². The SMILES string of the molecule is CCCCSCCN(CCOc1ccc(CC(OCC)C(=O)O)cc1)C(=O)Nc1ccc(F)cc1. The first-order valence-electron chi connectivity index (χ1n) is 11.9. The number of anilines is 1. The maximum atomic E-state index is 13.2. The lowest BCUT2D eigenvalue weighted by molar-refractivity contribution is -0.149. The monoisotopic (exact) mass is 506 g/mol. The van der Waals surface area contributed by atoms with Gasteiger partial charge in [0.1, 0.15) is 18.2 Å². The Bertz CT molecular complexity index is 896. The molecule has 0 aliphatic carbocycles. The summed E-state index contributed by atoms with van der Waals surface area (Å²) in [4.78, 5) is 25.8. The summed E-state index contributed by atoms with van der Waals surface area (Å²) >= 11 is 1.81. The van der Waals surface area contributed by atoms with Crippen molar-refractivity contribution in [3.8, 4) is 5.75 Å². The number of carbonyl (C=O) groups is 2. The largest absolute Gasteiger partial charge is 0.492 e. The van der Waals surface area contributed by atoms with Gasteiger partial charge in [-0.25, -0.2) is 14.0 Å². The predicted molar refractivity (Wildman–Crippen MR) is 138 cm³/mol. The number of ether oxygens (including phenoxy) is 2. The number of carbonyl (C=O) groups excluding carboxylic acids is 1. The summed E-state index contributed by atoms with van der Waals surface area (Å²) in [6.07, 6.45) is 1.67. The van der Waals surface area contributed by atoms with Gasteiger partial charge in [-0.15, -0.1) is 0 Å². The van der Waals surface area contributed by atoms with E-state index in [0.717, 1.165) is 29.9 Å². The van der Waals surface area contributed by atoms with Crippen LogP contribution in [-0.4, -0.2) is 65.9 Å². The van der Waals surface area contributed by atoms with Crippen LogP contribution in [0.3, 0.4) is 0 Å². The summed E-state index contributed by atoms with van der Waals surface area (Å²) in [5.74, 6) is 1.16. The van der Waals surface area contributed by atoms with Gasteiger partial charge in [0.2, 0.25) is 0 Å². The molecule has 0 fully saturated rings. The molecule has 0 aromatic heterocycles. The quantitative estimate of drug-likeness (QED) is 0.300. The molecule has 1 atom stereocenters. The number of urea groups is 1. The van der Waals surface area contributed by atoms with Gasteiger partial charge < -0.3 is 24.8 Å². The van der Waals surface area contributed by atoms with E-state index in [-0.39, 0.29) is 18.3 Å². The van der Waals surface area contributed by atoms with Gasteiger partial charge in [0, 0.05) is 31.0 Å². The van der Waals surface area contributed by atoms with Gasteiger partial charge in [-0.3, -0.25) is 0 Å². The van der Waals surface area contributed by atoms with E-state index in [2.05, 4.69) is 12.2 Å². The van der Waals surface area contributed by atoms with E-state index >= 15 is 0 Å². The first-order chi connectivity index (χ1) is 16.9. The van der Waals surface area contributed by atoms with Crippen molar-refractivity contribution in [1.29, 1.82) is 0 Å². The highest BCUT2D eigenvalue weighted by atomic mass is 32.2. The number of hydrogen-bond acceptors (Lipinski definition) is 5. The molecule has 9 heteroatoms. The van der Waals surface area contributed by atoms with Crippen LogP contribution in [0.15, 0.2) is 48.5 Å². The zero-order chi connectivity index (χ0) is 25.5. The normalized spacial score (nSPS) is 11.6. The average Bonchev–Trinajstić information content (AvgIpc) is 2.84. The second kappa shape index (κ2) is 16.0. The van der Waals surface area contributed by atoms with Gasteiger partial charge in [0.05, 0.1) is 6.54 Å². The minimum absolute atomic E-state index is 0.262. The Kier molecular flexibility index (Phi) is 13.0. The number of nitrogens with one attached hydrogen (secondary N) is 1. The van der Waals surface area contributed by atoms with Crippen LogP contribution in [0.1, 0.15) is 32.3 Å². The van der Waals surface area contributed by atoms with Gasteiger partial charge in [-0.1, -0.05) is 25.5 Å². The average molecular weight is 507 g/mol. The Morgan fingerprint density at radius 1 is 1.06 bits per heavy atom. The molecule has 192 valence electrons. The number of nitrogens with zero attached hydrogens (tertiary/aromatic N) is 1. The number of carboxylic acid groups (broad SMARTS) is 1. The molecule has 0 radical (unpaired) electrons. The summed E-state index contributed by atoms with van der Waals surface area (Å²) < 4.78 is 24.2. The Labute approximate surface area is 211 Å². The first-order valence-corrected chi connectivity index (χ1v) is 13.0. The topological polar surface area (TPSA) is 88.1 Å². The predicted octanol–water partition coefficient (Wildman–Crippen LogP) is 5.30. The van der Waals surface area contributed by atoms with Gasteiger partial charge in [0.15, 0.2) is 6.10 Å². The van der Waals surface area contributed by atoms with Gasteiger partial charge in [-0.05, 0) is 61.1 Å². The number of rotatable bonds is 16. The van der Waals surface area contributed by atoms with Crippen molar-refractivity contribution in [2.75, 3.05) is 43.1 Å². The third kappa shape index (κ3) is 11.0. The highest BCUT2D eigenvalue weighted by Gasteiger charge is 2.18. The fourth-order valence-electron chi connectivity index (χ4n) is 3.20. The lowest BCUT2D eigenvalue weighted by atomic mass is 10.1. The Balaban J connectivity index is 1.89. The minimum atomic E-state index is -0.987. The summed E-state index contributed by atoms with van der Waals surface area (Å²) in [5, 5.41) is 12.0. The molecule has 2 aromatic rings. The van der Waals surface area contributed by atoms with Crippen molar-refractivity contribution in [2.45, 2.75) is 39.2 Å². The molecule has 2 aromatic carbocycles. The fraction of sp³-hybridized carbons (Fsp3) is 0.462. The second-order valence-electron chi connectivity index (χ2n) is 7.87. The van der Waals surface area contributed by atoms with Crippen LogP contribution in [0.2, 0.25) is 0 Å². The third-order valence-corrected chi connectivity index (χ3v) is 6.20. The van der Waals surface area contributed by atoms with E-state index in [1.807, 2.05) is 23.9 Å². The van der Waals surface area contributed by atoms with E-state index in [9.17, 15) is 19.1 Å². The molecule has 0 saturated carbocycles. The second-order valence-corrected chi connectivity index (χ2v) is 9.09. The summed E-state index contributed by atoms with van der Waals surface area (Å²) in [6, 6.07) is 12.6. The summed E-state index contributed by atoms with van der Waals surface area (Å²) in [6.45, 7) is 5.50. The molecular formula is C26H35FN2O5S. The number of unbranched alkanes of at least 4 members (excludes halogenated alkanes) is 1. The van der Waals surface area contributed by atoms with Crippen LogP contribution in [0.5, 0.6) is 5.75 Å².